The summed E-state index contributed by atoms with van der Waals surface area (Å²) in [5.41, 5.74) is 3.53. The van der Waals surface area contributed by atoms with E-state index in [1.807, 2.05) is 13.0 Å². The van der Waals surface area contributed by atoms with Gasteiger partial charge in [-0.1, -0.05) is 24.6 Å². The zero-order chi connectivity index (χ0) is 9.84. The van der Waals surface area contributed by atoms with Crippen molar-refractivity contribution in [2.24, 2.45) is 5.84 Å². The number of halogens is 1. The van der Waals surface area contributed by atoms with E-state index in [-0.39, 0.29) is 5.91 Å². The molecule has 1 rings (SSSR count). The van der Waals surface area contributed by atoms with Crippen molar-refractivity contribution in [2.45, 2.75) is 13.3 Å². The number of aryl methyl sites for hydroxylation is 1. The highest BCUT2D eigenvalue weighted by Gasteiger charge is 2.08. The maximum Gasteiger partial charge on any atom is 0.266 e. The average Bonchev–Trinajstić information content (AvgIpc) is 2.17. The van der Waals surface area contributed by atoms with Gasteiger partial charge in [0.05, 0.1) is 10.6 Å². The number of hydrazine groups is 1. The third-order valence-electron chi connectivity index (χ3n) is 1.81. The number of carbonyl (C=O) groups excluding carboxylic acids is 1. The molecule has 3 nitrogen and oxygen atoms in total. The Morgan fingerprint density at radius 3 is 2.85 bits per heavy atom. The van der Waals surface area contributed by atoms with Crippen LogP contribution in [0.15, 0.2) is 18.2 Å². The molecule has 3 N–H and O–H groups in total. The Labute approximate surface area is 81.9 Å². The number of benzene rings is 1. The molecule has 0 aliphatic rings. The molecule has 1 aromatic rings. The second kappa shape index (κ2) is 4.25. The molecule has 0 bridgehead atoms. The van der Waals surface area contributed by atoms with E-state index in [2.05, 4.69) is 5.43 Å². The molecule has 0 aliphatic carbocycles. The van der Waals surface area contributed by atoms with E-state index in [0.717, 1.165) is 12.0 Å². The molecule has 0 saturated heterocycles. The molecule has 0 atom stereocenters. The molecule has 0 aliphatic heterocycles. The van der Waals surface area contributed by atoms with Crippen LogP contribution in [-0.2, 0) is 6.42 Å². The fraction of sp³-hybridized carbons (Fsp3) is 0.222. The van der Waals surface area contributed by atoms with Crippen molar-refractivity contribution in [2.75, 3.05) is 0 Å². The Morgan fingerprint density at radius 1 is 1.62 bits per heavy atom. The van der Waals surface area contributed by atoms with Crippen LogP contribution in [0.3, 0.4) is 0 Å². The van der Waals surface area contributed by atoms with Crippen LogP contribution in [0.5, 0.6) is 0 Å². The number of nitrogens with one attached hydrogen (secondary N) is 1. The smallest absolute Gasteiger partial charge is 0.266 e. The minimum Gasteiger partial charge on any atom is -0.290 e. The van der Waals surface area contributed by atoms with Crippen LogP contribution in [0.1, 0.15) is 22.8 Å². The molecule has 0 heterocycles. The maximum absolute atomic E-state index is 11.2. The largest absolute Gasteiger partial charge is 0.290 e. The van der Waals surface area contributed by atoms with Crippen LogP contribution < -0.4 is 11.3 Å². The molecule has 0 unspecified atom stereocenters. The Kier molecular flexibility index (Phi) is 3.28. The van der Waals surface area contributed by atoms with Crippen molar-refractivity contribution in [3.05, 3.63) is 34.3 Å². The number of rotatable bonds is 2. The predicted molar refractivity (Wildman–Crippen MR) is 52.5 cm³/mol. The molecule has 1 amide bonds. The molecule has 0 spiro atoms. The normalized spacial score (nSPS) is 9.77. The highest BCUT2D eigenvalue weighted by atomic mass is 35.5. The third-order valence-corrected chi connectivity index (χ3v) is 2.14. The van der Waals surface area contributed by atoms with Gasteiger partial charge in [-0.05, 0) is 24.1 Å². The standard InChI is InChI=1S/C9H11ClN2O/c1-2-6-3-4-8(10)7(5-6)9(13)12-11/h3-5H,2,11H2,1H3,(H,12,13). The Balaban J connectivity index is 3.11. The monoisotopic (exact) mass is 198 g/mol. The summed E-state index contributed by atoms with van der Waals surface area (Å²) in [6, 6.07) is 5.32. The van der Waals surface area contributed by atoms with E-state index in [0.29, 0.717) is 10.6 Å². The van der Waals surface area contributed by atoms with Crippen molar-refractivity contribution in [3.63, 3.8) is 0 Å². The van der Waals surface area contributed by atoms with E-state index in [9.17, 15) is 4.79 Å². The van der Waals surface area contributed by atoms with Gasteiger partial charge >= 0.3 is 0 Å². The summed E-state index contributed by atoms with van der Waals surface area (Å²) in [7, 11) is 0. The molecule has 0 radical (unpaired) electrons. The molecule has 4 heteroatoms. The van der Waals surface area contributed by atoms with E-state index in [1.165, 1.54) is 0 Å². The van der Waals surface area contributed by atoms with Crippen molar-refractivity contribution in [3.8, 4) is 0 Å². The second-order valence-electron chi connectivity index (χ2n) is 2.64. The first-order valence-corrected chi connectivity index (χ1v) is 4.36. The SMILES string of the molecule is CCc1ccc(Cl)c(C(=O)NN)c1. The van der Waals surface area contributed by atoms with Crippen LogP contribution in [0.4, 0.5) is 0 Å². The lowest BCUT2D eigenvalue weighted by atomic mass is 10.1. The van der Waals surface area contributed by atoms with Crippen LogP contribution in [0.2, 0.25) is 5.02 Å². The zero-order valence-corrected chi connectivity index (χ0v) is 8.06. The van der Waals surface area contributed by atoms with Gasteiger partial charge in [0, 0.05) is 0 Å². The van der Waals surface area contributed by atoms with Crippen molar-refractivity contribution >= 4 is 17.5 Å². The topological polar surface area (TPSA) is 55.1 Å². The van der Waals surface area contributed by atoms with Gasteiger partial charge in [-0.25, -0.2) is 5.84 Å². The van der Waals surface area contributed by atoms with Gasteiger partial charge in [-0.15, -0.1) is 0 Å². The van der Waals surface area contributed by atoms with E-state index in [4.69, 9.17) is 17.4 Å². The van der Waals surface area contributed by atoms with Gasteiger partial charge < -0.3 is 0 Å². The Bertz CT molecular complexity index is 325. The highest BCUT2D eigenvalue weighted by molar-refractivity contribution is 6.33. The fourth-order valence-corrected chi connectivity index (χ4v) is 1.25. The molecule has 0 saturated carbocycles. The third kappa shape index (κ3) is 2.20. The fourth-order valence-electron chi connectivity index (χ4n) is 1.04. The Morgan fingerprint density at radius 2 is 2.31 bits per heavy atom. The summed E-state index contributed by atoms with van der Waals surface area (Å²) < 4.78 is 0. The molecule has 0 fully saturated rings. The van der Waals surface area contributed by atoms with Crippen molar-refractivity contribution in [1.29, 1.82) is 0 Å². The van der Waals surface area contributed by atoms with Crippen LogP contribution in [0, 0.1) is 0 Å². The summed E-state index contributed by atoms with van der Waals surface area (Å²) in [4.78, 5) is 11.2. The number of hydrogen-bond acceptors (Lipinski definition) is 2. The van der Waals surface area contributed by atoms with Crippen LogP contribution in [0.25, 0.3) is 0 Å². The molecule has 1 aromatic carbocycles. The average molecular weight is 199 g/mol. The summed E-state index contributed by atoms with van der Waals surface area (Å²) in [6.07, 6.45) is 0.863. The first kappa shape index (κ1) is 10.0. The van der Waals surface area contributed by atoms with E-state index < -0.39 is 0 Å². The van der Waals surface area contributed by atoms with E-state index in [1.54, 1.807) is 12.1 Å². The van der Waals surface area contributed by atoms with E-state index >= 15 is 0 Å². The minimum absolute atomic E-state index is 0.361. The van der Waals surface area contributed by atoms with Crippen LogP contribution >= 0.6 is 11.6 Å². The summed E-state index contributed by atoms with van der Waals surface area (Å²) in [5, 5.41) is 0.417. The summed E-state index contributed by atoms with van der Waals surface area (Å²) >= 11 is 5.81. The molecular weight excluding hydrogens is 188 g/mol. The first-order valence-electron chi connectivity index (χ1n) is 3.98. The maximum atomic E-state index is 11.2. The number of hydrogen-bond donors (Lipinski definition) is 2. The lowest BCUT2D eigenvalue weighted by Crippen LogP contribution is -2.30. The highest BCUT2D eigenvalue weighted by Crippen LogP contribution is 2.17. The summed E-state index contributed by atoms with van der Waals surface area (Å²) in [6.45, 7) is 2.01. The lowest BCUT2D eigenvalue weighted by molar-refractivity contribution is 0.0953. The van der Waals surface area contributed by atoms with Gasteiger partial charge in [0.15, 0.2) is 0 Å². The first-order chi connectivity index (χ1) is 6.19. The van der Waals surface area contributed by atoms with Gasteiger partial charge in [-0.3, -0.25) is 10.2 Å². The molecular formula is C9H11ClN2O. The summed E-state index contributed by atoms with van der Waals surface area (Å²) in [5.74, 6) is 4.65. The van der Waals surface area contributed by atoms with Gasteiger partial charge in [0.2, 0.25) is 0 Å². The zero-order valence-electron chi connectivity index (χ0n) is 7.30. The number of amides is 1. The number of nitrogen functional groups attached to an aromatic ring is 1. The minimum atomic E-state index is -0.361. The van der Waals surface area contributed by atoms with Gasteiger partial charge in [0.1, 0.15) is 0 Å². The van der Waals surface area contributed by atoms with Crippen LogP contribution in [-0.4, -0.2) is 5.91 Å². The predicted octanol–water partition coefficient (Wildman–Crippen LogP) is 1.51. The lowest BCUT2D eigenvalue weighted by Gasteiger charge is -2.04. The molecule has 0 aromatic heterocycles. The van der Waals surface area contributed by atoms with Gasteiger partial charge in [0.25, 0.3) is 5.91 Å². The number of carbonyl (C=O) groups is 1. The van der Waals surface area contributed by atoms with Crippen molar-refractivity contribution < 1.29 is 4.79 Å². The number of nitrogens with two attached hydrogens (primary N) is 1. The van der Waals surface area contributed by atoms with Crippen molar-refractivity contribution in [1.82, 2.24) is 5.43 Å². The Hall–Kier alpha value is -1.06. The van der Waals surface area contributed by atoms with Gasteiger partial charge in [-0.2, -0.15) is 0 Å². The molecule has 70 valence electrons. The second-order valence-corrected chi connectivity index (χ2v) is 3.05. The quantitative estimate of drug-likeness (QED) is 0.430. The molecule has 13 heavy (non-hydrogen) atoms.